The van der Waals surface area contributed by atoms with Crippen LogP contribution in [0.25, 0.3) is 10.9 Å². The van der Waals surface area contributed by atoms with Gasteiger partial charge in [-0.3, -0.25) is 9.78 Å². The van der Waals surface area contributed by atoms with Gasteiger partial charge in [0, 0.05) is 23.6 Å². The van der Waals surface area contributed by atoms with Gasteiger partial charge in [0.05, 0.1) is 19.7 Å². The number of aryl methyl sites for hydroxylation is 2. The highest BCUT2D eigenvalue weighted by atomic mass is 16.5. The van der Waals surface area contributed by atoms with Gasteiger partial charge in [-0.25, -0.2) is 0 Å². The predicted molar refractivity (Wildman–Crippen MR) is 75.5 cm³/mol. The third-order valence-electron chi connectivity index (χ3n) is 3.14. The van der Waals surface area contributed by atoms with E-state index in [0.717, 1.165) is 22.2 Å². The number of methoxy groups -OCH3 is 2. The molecule has 0 fully saturated rings. The Morgan fingerprint density at radius 3 is 2.45 bits per heavy atom. The van der Waals surface area contributed by atoms with Crippen LogP contribution in [0.2, 0.25) is 0 Å². The van der Waals surface area contributed by atoms with E-state index < -0.39 is 5.97 Å². The molecule has 2 rings (SSSR count). The molecular formula is C15H17NO4. The number of ether oxygens (including phenoxy) is 2. The summed E-state index contributed by atoms with van der Waals surface area (Å²) in [7, 11) is 3.15. The van der Waals surface area contributed by atoms with Crippen molar-refractivity contribution in [2.45, 2.75) is 19.8 Å². The summed E-state index contributed by atoms with van der Waals surface area (Å²) in [5.41, 5.74) is 2.59. The number of aliphatic carboxylic acids is 1. The first-order valence-corrected chi connectivity index (χ1v) is 6.29. The minimum Gasteiger partial charge on any atom is -0.493 e. The third kappa shape index (κ3) is 2.82. The van der Waals surface area contributed by atoms with E-state index in [1.807, 2.05) is 25.1 Å². The Balaban J connectivity index is 2.58. The van der Waals surface area contributed by atoms with Gasteiger partial charge < -0.3 is 14.6 Å². The Hall–Kier alpha value is -2.30. The second-order valence-electron chi connectivity index (χ2n) is 4.54. The third-order valence-corrected chi connectivity index (χ3v) is 3.14. The number of nitrogens with zero attached hydrogens (tertiary/aromatic N) is 1. The Labute approximate surface area is 117 Å². The second kappa shape index (κ2) is 5.77. The van der Waals surface area contributed by atoms with Crippen LogP contribution in [0.15, 0.2) is 18.2 Å². The molecule has 20 heavy (non-hydrogen) atoms. The monoisotopic (exact) mass is 275 g/mol. The van der Waals surface area contributed by atoms with Crippen molar-refractivity contribution >= 4 is 16.9 Å². The molecule has 0 aliphatic rings. The Morgan fingerprint density at radius 1 is 1.20 bits per heavy atom. The maximum atomic E-state index is 10.8. The lowest BCUT2D eigenvalue weighted by molar-refractivity contribution is -0.136. The topological polar surface area (TPSA) is 68.7 Å². The molecule has 0 unspecified atom stereocenters. The average Bonchev–Trinajstić information content (AvgIpc) is 2.42. The number of pyridine rings is 1. The van der Waals surface area contributed by atoms with Gasteiger partial charge in [0.1, 0.15) is 0 Å². The molecular weight excluding hydrogens is 258 g/mol. The van der Waals surface area contributed by atoms with Crippen molar-refractivity contribution in [1.82, 2.24) is 4.98 Å². The van der Waals surface area contributed by atoms with E-state index in [2.05, 4.69) is 4.98 Å². The Bertz CT molecular complexity index is 652. The number of hydrogen-bond acceptors (Lipinski definition) is 4. The van der Waals surface area contributed by atoms with Crippen molar-refractivity contribution in [2.75, 3.05) is 14.2 Å². The van der Waals surface area contributed by atoms with Crippen molar-refractivity contribution in [3.8, 4) is 11.5 Å². The van der Waals surface area contributed by atoms with E-state index in [-0.39, 0.29) is 6.42 Å². The quantitative estimate of drug-likeness (QED) is 0.908. The first-order valence-electron chi connectivity index (χ1n) is 6.29. The number of fused-ring (bicyclic) bond motifs is 1. The number of benzene rings is 1. The van der Waals surface area contributed by atoms with Crippen LogP contribution >= 0.6 is 0 Å². The van der Waals surface area contributed by atoms with Gasteiger partial charge in [-0.15, -0.1) is 0 Å². The highest BCUT2D eigenvalue weighted by Crippen LogP contribution is 2.33. The predicted octanol–water partition coefficient (Wildman–Crippen LogP) is 2.58. The van der Waals surface area contributed by atoms with Gasteiger partial charge in [-0.2, -0.15) is 0 Å². The SMILES string of the molecule is COc1cc2nc(C)cc(CCC(=O)O)c2cc1OC. The van der Waals surface area contributed by atoms with Crippen molar-refractivity contribution < 1.29 is 19.4 Å². The van der Waals surface area contributed by atoms with Crippen molar-refractivity contribution in [3.63, 3.8) is 0 Å². The maximum Gasteiger partial charge on any atom is 0.303 e. The largest absolute Gasteiger partial charge is 0.493 e. The van der Waals surface area contributed by atoms with Crippen LogP contribution in [0.1, 0.15) is 17.7 Å². The van der Waals surface area contributed by atoms with E-state index in [0.29, 0.717) is 17.9 Å². The molecule has 5 heteroatoms. The van der Waals surface area contributed by atoms with Crippen LogP contribution in [0.5, 0.6) is 11.5 Å². The van der Waals surface area contributed by atoms with E-state index in [1.54, 1.807) is 14.2 Å². The summed E-state index contributed by atoms with van der Waals surface area (Å²) in [5, 5.41) is 9.74. The zero-order valence-corrected chi connectivity index (χ0v) is 11.8. The molecule has 5 nitrogen and oxygen atoms in total. The highest BCUT2D eigenvalue weighted by Gasteiger charge is 2.11. The molecule has 0 amide bonds. The molecule has 0 aliphatic carbocycles. The summed E-state index contributed by atoms with van der Waals surface area (Å²) in [5.74, 6) is 0.414. The van der Waals surface area contributed by atoms with Crippen molar-refractivity contribution in [3.05, 3.63) is 29.5 Å². The number of aromatic nitrogens is 1. The minimum atomic E-state index is -0.812. The summed E-state index contributed by atoms with van der Waals surface area (Å²) >= 11 is 0. The van der Waals surface area contributed by atoms with Crippen LogP contribution in [0.4, 0.5) is 0 Å². The van der Waals surface area contributed by atoms with E-state index in [4.69, 9.17) is 14.6 Å². The van der Waals surface area contributed by atoms with Crippen molar-refractivity contribution in [1.29, 1.82) is 0 Å². The molecule has 0 bridgehead atoms. The summed E-state index contributed by atoms with van der Waals surface area (Å²) in [6.07, 6.45) is 0.553. The summed E-state index contributed by atoms with van der Waals surface area (Å²) in [6, 6.07) is 5.57. The lowest BCUT2D eigenvalue weighted by Gasteiger charge is -2.12. The summed E-state index contributed by atoms with van der Waals surface area (Å²) in [6.45, 7) is 1.89. The number of carboxylic acid groups (broad SMARTS) is 1. The average molecular weight is 275 g/mol. The molecule has 2 aromatic rings. The fourth-order valence-corrected chi connectivity index (χ4v) is 2.22. The van der Waals surface area contributed by atoms with Gasteiger partial charge in [-0.1, -0.05) is 0 Å². The van der Waals surface area contributed by atoms with Gasteiger partial charge in [0.25, 0.3) is 0 Å². The maximum absolute atomic E-state index is 10.8. The molecule has 1 aromatic heterocycles. The van der Waals surface area contributed by atoms with Crippen molar-refractivity contribution in [2.24, 2.45) is 0 Å². The van der Waals surface area contributed by atoms with Crippen LogP contribution in [-0.2, 0) is 11.2 Å². The molecule has 0 atom stereocenters. The smallest absolute Gasteiger partial charge is 0.303 e. The minimum absolute atomic E-state index is 0.0902. The molecule has 1 heterocycles. The van der Waals surface area contributed by atoms with Crippen LogP contribution in [-0.4, -0.2) is 30.3 Å². The fraction of sp³-hybridized carbons (Fsp3) is 0.333. The number of rotatable bonds is 5. The van der Waals surface area contributed by atoms with Gasteiger partial charge in [0.2, 0.25) is 0 Å². The molecule has 0 saturated heterocycles. The van der Waals surface area contributed by atoms with E-state index >= 15 is 0 Å². The number of carbonyl (C=O) groups is 1. The highest BCUT2D eigenvalue weighted by molar-refractivity contribution is 5.86. The second-order valence-corrected chi connectivity index (χ2v) is 4.54. The standard InChI is InChI=1S/C15H17NO4/c1-9-6-10(4-5-15(17)18)11-7-13(19-2)14(20-3)8-12(11)16-9/h6-8H,4-5H2,1-3H3,(H,17,18). The van der Waals surface area contributed by atoms with E-state index in [9.17, 15) is 4.79 Å². The Kier molecular flexibility index (Phi) is 4.08. The molecule has 0 aliphatic heterocycles. The molecule has 0 spiro atoms. The van der Waals surface area contributed by atoms with Gasteiger partial charge in [-0.05, 0) is 31.0 Å². The normalized spacial score (nSPS) is 10.6. The first-order chi connectivity index (χ1) is 9.55. The molecule has 0 radical (unpaired) electrons. The molecule has 106 valence electrons. The van der Waals surface area contributed by atoms with Crippen LogP contribution < -0.4 is 9.47 Å². The van der Waals surface area contributed by atoms with Crippen LogP contribution in [0.3, 0.4) is 0 Å². The molecule has 1 aromatic carbocycles. The molecule has 0 saturated carbocycles. The fourth-order valence-electron chi connectivity index (χ4n) is 2.22. The zero-order valence-electron chi connectivity index (χ0n) is 11.8. The van der Waals surface area contributed by atoms with E-state index in [1.165, 1.54) is 0 Å². The zero-order chi connectivity index (χ0) is 14.7. The molecule has 1 N–H and O–H groups in total. The first kappa shape index (κ1) is 14.1. The van der Waals surface area contributed by atoms with Gasteiger partial charge >= 0.3 is 5.97 Å². The number of carboxylic acids is 1. The number of hydrogen-bond donors (Lipinski definition) is 1. The van der Waals surface area contributed by atoms with Crippen LogP contribution in [0, 0.1) is 6.92 Å². The summed E-state index contributed by atoms with van der Waals surface area (Å²) < 4.78 is 10.5. The van der Waals surface area contributed by atoms with Gasteiger partial charge in [0.15, 0.2) is 11.5 Å². The summed E-state index contributed by atoms with van der Waals surface area (Å²) in [4.78, 5) is 15.2. The lowest BCUT2D eigenvalue weighted by Crippen LogP contribution is -2.00. The Morgan fingerprint density at radius 2 is 1.85 bits per heavy atom. The lowest BCUT2D eigenvalue weighted by atomic mass is 10.0.